The van der Waals surface area contributed by atoms with Crippen LogP contribution in [0.25, 0.3) is 10.9 Å². The van der Waals surface area contributed by atoms with Crippen molar-refractivity contribution in [1.82, 2.24) is 10.3 Å². The molecule has 2 heterocycles. The lowest BCUT2D eigenvalue weighted by Gasteiger charge is -2.14. The molecule has 0 aliphatic carbocycles. The molecule has 0 saturated carbocycles. The third-order valence-electron chi connectivity index (χ3n) is 4.20. The van der Waals surface area contributed by atoms with E-state index in [4.69, 9.17) is 9.47 Å². The van der Waals surface area contributed by atoms with E-state index < -0.39 is 0 Å². The first-order valence-corrected chi connectivity index (χ1v) is 9.35. The van der Waals surface area contributed by atoms with Crippen LogP contribution in [0.4, 0.5) is 0 Å². The predicted octanol–water partition coefficient (Wildman–Crippen LogP) is 3.93. The minimum absolute atomic E-state index is 0.0323. The van der Waals surface area contributed by atoms with Gasteiger partial charge in [-0.25, -0.2) is 4.98 Å². The number of carbonyl (C=O) groups excluding carboxylic acids is 1. The Morgan fingerprint density at radius 2 is 2.00 bits per heavy atom. The zero-order valence-corrected chi connectivity index (χ0v) is 15.1. The molecule has 2 aromatic carbocycles. The Balaban J connectivity index is 1.35. The van der Waals surface area contributed by atoms with E-state index in [1.54, 1.807) is 0 Å². The van der Waals surface area contributed by atoms with Crippen molar-refractivity contribution in [2.75, 3.05) is 12.5 Å². The summed E-state index contributed by atoms with van der Waals surface area (Å²) in [5, 5.41) is 4.95. The Kier molecular flexibility index (Phi) is 4.67. The molecule has 0 saturated heterocycles. The second-order valence-electron chi connectivity index (χ2n) is 6.03. The van der Waals surface area contributed by atoms with Crippen LogP contribution in [0.1, 0.15) is 18.5 Å². The van der Waals surface area contributed by atoms with E-state index in [2.05, 4.69) is 10.3 Å². The molecule has 0 radical (unpaired) electrons. The Morgan fingerprint density at radius 1 is 1.15 bits per heavy atom. The lowest BCUT2D eigenvalue weighted by Crippen LogP contribution is -2.28. The van der Waals surface area contributed by atoms with Crippen LogP contribution in [0.2, 0.25) is 0 Å². The summed E-state index contributed by atoms with van der Waals surface area (Å²) < 4.78 is 10.7. The maximum atomic E-state index is 12.3. The average Bonchev–Trinajstić information content (AvgIpc) is 3.14. The fourth-order valence-corrected chi connectivity index (χ4v) is 3.51. The number of nitrogens with one attached hydrogen (secondary N) is 1. The summed E-state index contributed by atoms with van der Waals surface area (Å²) in [5.74, 6) is 1.75. The molecule has 0 unspecified atom stereocenters. The van der Waals surface area contributed by atoms with Gasteiger partial charge in [0.15, 0.2) is 11.5 Å². The average molecular weight is 366 g/mol. The number of hydrogen-bond donors (Lipinski definition) is 1. The van der Waals surface area contributed by atoms with Crippen LogP contribution in [0, 0.1) is 0 Å². The number of nitrogens with zero attached hydrogens (tertiary/aromatic N) is 1. The summed E-state index contributed by atoms with van der Waals surface area (Å²) in [6.45, 7) is 2.20. The molecule has 0 fully saturated rings. The largest absolute Gasteiger partial charge is 0.454 e. The third kappa shape index (κ3) is 3.60. The van der Waals surface area contributed by atoms with Crippen LogP contribution in [-0.2, 0) is 4.79 Å². The van der Waals surface area contributed by atoms with Gasteiger partial charge in [0, 0.05) is 5.39 Å². The van der Waals surface area contributed by atoms with E-state index in [1.807, 2.05) is 61.5 Å². The van der Waals surface area contributed by atoms with E-state index >= 15 is 0 Å². The first-order chi connectivity index (χ1) is 12.7. The minimum atomic E-state index is -0.109. The van der Waals surface area contributed by atoms with E-state index in [9.17, 15) is 4.79 Å². The zero-order valence-electron chi connectivity index (χ0n) is 14.3. The van der Waals surface area contributed by atoms with Crippen molar-refractivity contribution >= 4 is 28.6 Å². The maximum absolute atomic E-state index is 12.3. The molecule has 0 bridgehead atoms. The van der Waals surface area contributed by atoms with Crippen molar-refractivity contribution in [2.45, 2.75) is 18.0 Å². The first kappa shape index (κ1) is 16.7. The molecular weight excluding hydrogens is 348 g/mol. The molecule has 1 aliphatic heterocycles. The maximum Gasteiger partial charge on any atom is 0.231 e. The molecule has 1 aromatic heterocycles. The van der Waals surface area contributed by atoms with Gasteiger partial charge in [-0.3, -0.25) is 4.79 Å². The number of carbonyl (C=O) groups is 1. The Morgan fingerprint density at radius 3 is 2.92 bits per heavy atom. The van der Waals surface area contributed by atoms with Gasteiger partial charge >= 0.3 is 0 Å². The van der Waals surface area contributed by atoms with Gasteiger partial charge in [-0.2, -0.15) is 0 Å². The molecule has 1 amide bonds. The fraction of sp³-hybridized carbons (Fsp3) is 0.200. The molecule has 0 spiro atoms. The number of thioether (sulfide) groups is 1. The quantitative estimate of drug-likeness (QED) is 0.693. The van der Waals surface area contributed by atoms with Crippen molar-refractivity contribution in [3.63, 3.8) is 0 Å². The summed E-state index contributed by atoms with van der Waals surface area (Å²) in [6.07, 6.45) is 0. The van der Waals surface area contributed by atoms with Crippen LogP contribution in [0.5, 0.6) is 11.5 Å². The minimum Gasteiger partial charge on any atom is -0.454 e. The van der Waals surface area contributed by atoms with Gasteiger partial charge in [0.05, 0.1) is 22.3 Å². The highest BCUT2D eigenvalue weighted by atomic mass is 32.2. The topological polar surface area (TPSA) is 60.5 Å². The lowest BCUT2D eigenvalue weighted by molar-refractivity contribution is -0.119. The van der Waals surface area contributed by atoms with Crippen molar-refractivity contribution in [3.8, 4) is 11.5 Å². The van der Waals surface area contributed by atoms with Crippen molar-refractivity contribution < 1.29 is 14.3 Å². The first-order valence-electron chi connectivity index (χ1n) is 8.36. The summed E-state index contributed by atoms with van der Waals surface area (Å²) >= 11 is 1.43. The molecule has 1 N–H and O–H groups in total. The van der Waals surface area contributed by atoms with Crippen LogP contribution in [0.15, 0.2) is 59.6 Å². The summed E-state index contributed by atoms with van der Waals surface area (Å²) in [7, 11) is 0. The SMILES string of the molecule is C[C@H](NC(=O)CSc1ccc2ccccc2n1)c1ccc2c(c1)OCO2. The zero-order chi connectivity index (χ0) is 17.9. The number of aromatic nitrogens is 1. The summed E-state index contributed by atoms with van der Waals surface area (Å²) in [4.78, 5) is 16.9. The molecule has 5 nitrogen and oxygen atoms in total. The highest BCUT2D eigenvalue weighted by molar-refractivity contribution is 7.99. The summed E-state index contributed by atoms with van der Waals surface area (Å²) in [6, 6.07) is 17.5. The van der Waals surface area contributed by atoms with Crippen LogP contribution in [0.3, 0.4) is 0 Å². The Labute approximate surface area is 155 Å². The molecule has 1 aliphatic rings. The van der Waals surface area contributed by atoms with E-state index in [0.29, 0.717) is 5.75 Å². The second-order valence-corrected chi connectivity index (χ2v) is 7.03. The van der Waals surface area contributed by atoms with E-state index in [-0.39, 0.29) is 18.7 Å². The molecular formula is C20H18N2O3S. The van der Waals surface area contributed by atoms with Gasteiger partial charge in [0.2, 0.25) is 12.7 Å². The standard InChI is InChI=1S/C20H18N2O3S/c1-13(15-6-8-17-18(10-15)25-12-24-17)21-19(23)11-26-20-9-7-14-4-2-3-5-16(14)22-20/h2-10,13H,11-12H2,1H3,(H,21,23)/t13-/m0/s1. The molecule has 132 valence electrons. The predicted molar refractivity (Wildman–Crippen MR) is 102 cm³/mol. The monoisotopic (exact) mass is 366 g/mol. The smallest absolute Gasteiger partial charge is 0.231 e. The van der Waals surface area contributed by atoms with Crippen molar-refractivity contribution in [1.29, 1.82) is 0 Å². The van der Waals surface area contributed by atoms with Crippen LogP contribution < -0.4 is 14.8 Å². The van der Waals surface area contributed by atoms with Crippen LogP contribution in [-0.4, -0.2) is 23.4 Å². The Bertz CT molecular complexity index is 961. The number of fused-ring (bicyclic) bond motifs is 2. The highest BCUT2D eigenvalue weighted by Gasteiger charge is 2.17. The van der Waals surface area contributed by atoms with Gasteiger partial charge in [-0.05, 0) is 36.8 Å². The van der Waals surface area contributed by atoms with Crippen molar-refractivity contribution in [3.05, 3.63) is 60.2 Å². The van der Waals surface area contributed by atoms with E-state index in [1.165, 1.54) is 11.8 Å². The van der Waals surface area contributed by atoms with Gasteiger partial charge in [-0.15, -0.1) is 0 Å². The molecule has 4 rings (SSSR count). The van der Waals surface area contributed by atoms with Gasteiger partial charge < -0.3 is 14.8 Å². The van der Waals surface area contributed by atoms with Gasteiger partial charge in [0.1, 0.15) is 0 Å². The van der Waals surface area contributed by atoms with Gasteiger partial charge in [-0.1, -0.05) is 42.1 Å². The normalized spacial score (nSPS) is 13.6. The molecule has 26 heavy (non-hydrogen) atoms. The van der Waals surface area contributed by atoms with Gasteiger partial charge in [0.25, 0.3) is 0 Å². The number of hydrogen-bond acceptors (Lipinski definition) is 5. The highest BCUT2D eigenvalue weighted by Crippen LogP contribution is 2.34. The third-order valence-corrected chi connectivity index (χ3v) is 5.13. The lowest BCUT2D eigenvalue weighted by atomic mass is 10.1. The molecule has 3 aromatic rings. The summed E-state index contributed by atoms with van der Waals surface area (Å²) in [5.41, 5.74) is 1.92. The number of pyridine rings is 1. The van der Waals surface area contributed by atoms with Crippen molar-refractivity contribution in [2.24, 2.45) is 0 Å². The number of amides is 1. The number of para-hydroxylation sites is 1. The number of benzene rings is 2. The number of ether oxygens (including phenoxy) is 2. The molecule has 1 atom stereocenters. The number of rotatable bonds is 5. The fourth-order valence-electron chi connectivity index (χ4n) is 2.82. The van der Waals surface area contributed by atoms with Crippen LogP contribution >= 0.6 is 11.8 Å². The molecule has 6 heteroatoms. The van der Waals surface area contributed by atoms with E-state index in [0.717, 1.165) is 33.0 Å². The second kappa shape index (κ2) is 7.25. The Hall–Kier alpha value is -2.73.